The molecule has 4 aromatic rings. The number of fused-ring (bicyclic) bond motifs is 2. The molecule has 3 heterocycles. The van der Waals surface area contributed by atoms with Gasteiger partial charge in [0.25, 0.3) is 0 Å². The predicted molar refractivity (Wildman–Crippen MR) is 108 cm³/mol. The molecule has 0 bridgehead atoms. The van der Waals surface area contributed by atoms with Gasteiger partial charge in [-0.25, -0.2) is 14.4 Å². The Balaban J connectivity index is 1.58. The molecule has 7 heteroatoms. The van der Waals surface area contributed by atoms with Crippen LogP contribution in [-0.2, 0) is 0 Å². The number of rotatable bonds is 3. The molecule has 0 fully saturated rings. The maximum Gasteiger partial charge on any atom is 0.231 e. The highest BCUT2D eigenvalue weighted by molar-refractivity contribution is 7.22. The zero-order valence-electron chi connectivity index (χ0n) is 15.3. The molecule has 0 saturated heterocycles. The largest absolute Gasteiger partial charge is 0.454 e. The molecule has 0 amide bonds. The average molecular weight is 393 g/mol. The molecule has 1 aliphatic heterocycles. The fraction of sp³-hybridized carbons (Fsp3) is 0.143. The summed E-state index contributed by atoms with van der Waals surface area (Å²) in [7, 11) is 1.95. The highest BCUT2D eigenvalue weighted by Gasteiger charge is 2.18. The van der Waals surface area contributed by atoms with Crippen molar-refractivity contribution in [2.45, 2.75) is 6.92 Å². The van der Waals surface area contributed by atoms with Gasteiger partial charge >= 0.3 is 0 Å². The average Bonchev–Trinajstić information content (AvgIpc) is 3.35. The Kier molecular flexibility index (Phi) is 3.91. The summed E-state index contributed by atoms with van der Waals surface area (Å²) in [6, 6.07) is 13.0. The van der Waals surface area contributed by atoms with Crippen molar-refractivity contribution in [3.05, 3.63) is 60.2 Å². The minimum Gasteiger partial charge on any atom is -0.454 e. The van der Waals surface area contributed by atoms with Gasteiger partial charge in [-0.05, 0) is 42.3 Å². The molecule has 5 nitrogen and oxygen atoms in total. The van der Waals surface area contributed by atoms with E-state index in [0.717, 1.165) is 43.7 Å². The summed E-state index contributed by atoms with van der Waals surface area (Å²) in [5, 5.41) is 0. The van der Waals surface area contributed by atoms with Crippen LogP contribution in [0.2, 0.25) is 0 Å². The number of nitrogens with zero attached hydrogens (tertiary/aromatic N) is 3. The van der Waals surface area contributed by atoms with Crippen LogP contribution in [0.5, 0.6) is 11.5 Å². The fourth-order valence-corrected chi connectivity index (χ4v) is 4.32. The van der Waals surface area contributed by atoms with Gasteiger partial charge in [-0.3, -0.25) is 0 Å². The molecule has 2 aromatic heterocycles. The SMILES string of the molecule is Cc1ccc(-c2cc3ncnc(N(C)c4ccc5c(c4)OCO5)c3s2)cc1F. The lowest BCUT2D eigenvalue weighted by Crippen LogP contribution is -2.11. The summed E-state index contributed by atoms with van der Waals surface area (Å²) >= 11 is 1.55. The van der Waals surface area contributed by atoms with Gasteiger partial charge < -0.3 is 14.4 Å². The molecule has 1 aliphatic rings. The fourth-order valence-electron chi connectivity index (χ4n) is 3.19. The van der Waals surface area contributed by atoms with Crippen molar-refractivity contribution in [3.63, 3.8) is 0 Å². The third kappa shape index (κ3) is 2.75. The van der Waals surface area contributed by atoms with E-state index >= 15 is 0 Å². The van der Waals surface area contributed by atoms with E-state index in [9.17, 15) is 4.39 Å². The molecule has 5 rings (SSSR count). The van der Waals surface area contributed by atoms with Crippen LogP contribution >= 0.6 is 11.3 Å². The summed E-state index contributed by atoms with van der Waals surface area (Å²) in [6.45, 7) is 2.00. The Morgan fingerprint density at radius 2 is 1.89 bits per heavy atom. The number of hydrogen-bond donors (Lipinski definition) is 0. The number of ether oxygens (including phenoxy) is 2. The maximum atomic E-state index is 14.0. The second kappa shape index (κ2) is 6.45. The number of halogens is 1. The first-order valence-electron chi connectivity index (χ1n) is 8.74. The Hall–Kier alpha value is -3.19. The first-order chi connectivity index (χ1) is 13.6. The van der Waals surface area contributed by atoms with Gasteiger partial charge in [0.1, 0.15) is 12.1 Å². The lowest BCUT2D eigenvalue weighted by atomic mass is 10.1. The van der Waals surface area contributed by atoms with Crippen molar-refractivity contribution in [1.82, 2.24) is 9.97 Å². The molecule has 0 aliphatic carbocycles. The van der Waals surface area contributed by atoms with Crippen molar-refractivity contribution in [1.29, 1.82) is 0 Å². The van der Waals surface area contributed by atoms with Crippen molar-refractivity contribution in [2.24, 2.45) is 0 Å². The number of thiophene rings is 1. The lowest BCUT2D eigenvalue weighted by Gasteiger charge is -2.19. The topological polar surface area (TPSA) is 47.5 Å². The number of hydrogen-bond acceptors (Lipinski definition) is 6. The van der Waals surface area contributed by atoms with Crippen LogP contribution in [0, 0.1) is 12.7 Å². The maximum absolute atomic E-state index is 14.0. The minimum absolute atomic E-state index is 0.209. The van der Waals surface area contributed by atoms with Crippen molar-refractivity contribution < 1.29 is 13.9 Å². The van der Waals surface area contributed by atoms with Gasteiger partial charge in [0, 0.05) is 23.7 Å². The van der Waals surface area contributed by atoms with Gasteiger partial charge in [0.15, 0.2) is 17.3 Å². The van der Waals surface area contributed by atoms with E-state index in [1.807, 2.05) is 42.3 Å². The number of aryl methyl sites for hydroxylation is 1. The highest BCUT2D eigenvalue weighted by Crippen LogP contribution is 2.41. The first-order valence-corrected chi connectivity index (χ1v) is 9.56. The Morgan fingerprint density at radius 3 is 2.75 bits per heavy atom. The van der Waals surface area contributed by atoms with Crippen LogP contribution in [0.4, 0.5) is 15.9 Å². The number of benzene rings is 2. The lowest BCUT2D eigenvalue weighted by molar-refractivity contribution is 0.174. The van der Waals surface area contributed by atoms with E-state index in [1.54, 1.807) is 36.7 Å². The zero-order chi connectivity index (χ0) is 19.3. The highest BCUT2D eigenvalue weighted by atomic mass is 32.1. The Labute approximate surface area is 165 Å². The van der Waals surface area contributed by atoms with Crippen LogP contribution in [0.15, 0.2) is 48.8 Å². The van der Waals surface area contributed by atoms with Crippen LogP contribution in [0.25, 0.3) is 20.7 Å². The van der Waals surface area contributed by atoms with E-state index in [2.05, 4.69) is 9.97 Å². The predicted octanol–water partition coefficient (Wildman–Crippen LogP) is 5.30. The summed E-state index contributed by atoms with van der Waals surface area (Å²) in [6.07, 6.45) is 1.55. The molecule has 2 aromatic carbocycles. The van der Waals surface area contributed by atoms with Gasteiger partial charge in [-0.2, -0.15) is 0 Å². The second-order valence-electron chi connectivity index (χ2n) is 6.58. The zero-order valence-corrected chi connectivity index (χ0v) is 16.1. The molecular weight excluding hydrogens is 377 g/mol. The van der Waals surface area contributed by atoms with Gasteiger partial charge in [0.05, 0.1) is 10.2 Å². The summed E-state index contributed by atoms with van der Waals surface area (Å²) in [4.78, 5) is 11.8. The normalized spacial score (nSPS) is 12.5. The molecule has 0 unspecified atom stereocenters. The molecule has 0 radical (unpaired) electrons. The molecule has 0 spiro atoms. The minimum atomic E-state index is -0.209. The van der Waals surface area contributed by atoms with E-state index < -0.39 is 0 Å². The summed E-state index contributed by atoms with van der Waals surface area (Å²) in [5.41, 5.74) is 3.23. The van der Waals surface area contributed by atoms with Gasteiger partial charge in [-0.1, -0.05) is 12.1 Å². The number of anilines is 2. The van der Waals surface area contributed by atoms with Crippen LogP contribution in [0.1, 0.15) is 5.56 Å². The van der Waals surface area contributed by atoms with Gasteiger partial charge in [-0.15, -0.1) is 11.3 Å². The van der Waals surface area contributed by atoms with Crippen LogP contribution in [-0.4, -0.2) is 23.8 Å². The van der Waals surface area contributed by atoms with Gasteiger partial charge in [0.2, 0.25) is 6.79 Å². The standard InChI is InChI=1S/C21H16FN3O2S/c1-12-3-4-13(7-15(12)22)19-9-16-20(28-19)21(24-10-23-16)25(2)14-5-6-17-18(8-14)27-11-26-17/h3-10H,11H2,1-2H3. The summed E-state index contributed by atoms with van der Waals surface area (Å²) < 4.78 is 25.8. The van der Waals surface area contributed by atoms with E-state index in [4.69, 9.17) is 9.47 Å². The smallest absolute Gasteiger partial charge is 0.231 e. The molecule has 0 saturated carbocycles. The monoisotopic (exact) mass is 393 g/mol. The number of aromatic nitrogens is 2. The Bertz CT molecular complexity index is 1210. The molecule has 140 valence electrons. The van der Waals surface area contributed by atoms with E-state index in [0.29, 0.717) is 5.56 Å². The molecule has 28 heavy (non-hydrogen) atoms. The van der Waals surface area contributed by atoms with Crippen LogP contribution in [0.3, 0.4) is 0 Å². The molecular formula is C21H16FN3O2S. The summed E-state index contributed by atoms with van der Waals surface area (Å²) in [5.74, 6) is 2.04. The first kappa shape index (κ1) is 16.9. The van der Waals surface area contributed by atoms with Crippen molar-refractivity contribution >= 4 is 33.1 Å². The molecule has 0 atom stereocenters. The third-order valence-corrected chi connectivity index (χ3v) is 5.98. The van der Waals surface area contributed by atoms with E-state index in [-0.39, 0.29) is 12.6 Å². The van der Waals surface area contributed by atoms with Crippen molar-refractivity contribution in [3.8, 4) is 21.9 Å². The van der Waals surface area contributed by atoms with Crippen molar-refractivity contribution in [2.75, 3.05) is 18.7 Å². The molecule has 0 N–H and O–H groups in total. The third-order valence-electron chi connectivity index (χ3n) is 4.81. The van der Waals surface area contributed by atoms with Crippen LogP contribution < -0.4 is 14.4 Å². The Morgan fingerprint density at radius 1 is 1.04 bits per heavy atom. The van der Waals surface area contributed by atoms with E-state index in [1.165, 1.54) is 0 Å². The second-order valence-corrected chi connectivity index (χ2v) is 7.64. The quantitative estimate of drug-likeness (QED) is 0.473.